The summed E-state index contributed by atoms with van der Waals surface area (Å²) in [4.78, 5) is 24.6. The van der Waals surface area contributed by atoms with Crippen LogP contribution in [-0.4, -0.2) is 71.6 Å². The van der Waals surface area contributed by atoms with E-state index in [1.54, 1.807) is 12.3 Å². The van der Waals surface area contributed by atoms with Crippen molar-refractivity contribution >= 4 is 5.91 Å². The molecule has 4 rings (SSSR count). The maximum atomic E-state index is 12.9. The van der Waals surface area contributed by atoms with E-state index in [1.165, 1.54) is 0 Å². The number of fused-ring (bicyclic) bond motifs is 1. The summed E-state index contributed by atoms with van der Waals surface area (Å²) >= 11 is 0. The molecule has 0 unspecified atom stereocenters. The molecule has 0 atom stereocenters. The van der Waals surface area contributed by atoms with Crippen LogP contribution >= 0.6 is 0 Å². The Morgan fingerprint density at radius 3 is 2.85 bits per heavy atom. The fourth-order valence-corrected chi connectivity index (χ4v) is 3.46. The molecule has 1 aromatic carbocycles. The number of carbonyl (C=O) groups is 1. The van der Waals surface area contributed by atoms with Gasteiger partial charge in [0.05, 0.1) is 0 Å². The molecule has 0 aliphatic carbocycles. The van der Waals surface area contributed by atoms with Crippen LogP contribution < -0.4 is 9.47 Å². The Labute approximate surface area is 152 Å². The van der Waals surface area contributed by atoms with Gasteiger partial charge in [-0.3, -0.25) is 4.79 Å². The van der Waals surface area contributed by atoms with Gasteiger partial charge in [0.15, 0.2) is 11.5 Å². The third-order valence-electron chi connectivity index (χ3n) is 4.88. The average Bonchev–Trinajstić information content (AvgIpc) is 3.09. The van der Waals surface area contributed by atoms with Crippen LogP contribution in [0.5, 0.6) is 11.5 Å². The van der Waals surface area contributed by atoms with Crippen molar-refractivity contribution < 1.29 is 14.3 Å². The van der Waals surface area contributed by atoms with E-state index in [1.807, 2.05) is 23.2 Å². The zero-order valence-corrected chi connectivity index (χ0v) is 14.8. The lowest BCUT2D eigenvalue weighted by atomic mass is 10.1. The molecule has 26 heavy (non-hydrogen) atoms. The standard InChI is InChI=1S/C19H24N4O3/c24-19(15-2-3-16-17(14-15)26-13-12-25-16)23-8-1-7-22(10-11-23)9-4-18-20-5-6-21-18/h2-3,5-6,14H,1,4,7-13H2,(H,20,21). The smallest absolute Gasteiger partial charge is 0.254 e. The number of amides is 1. The first-order valence-electron chi connectivity index (χ1n) is 9.19. The molecule has 0 bridgehead atoms. The van der Waals surface area contributed by atoms with Gasteiger partial charge in [0, 0.05) is 50.6 Å². The second-order valence-corrected chi connectivity index (χ2v) is 6.63. The van der Waals surface area contributed by atoms with Gasteiger partial charge in [-0.25, -0.2) is 4.98 Å². The number of hydrogen-bond donors (Lipinski definition) is 1. The number of aromatic amines is 1. The topological polar surface area (TPSA) is 70.7 Å². The molecule has 3 heterocycles. The van der Waals surface area contributed by atoms with Gasteiger partial charge >= 0.3 is 0 Å². The number of benzene rings is 1. The van der Waals surface area contributed by atoms with Crippen molar-refractivity contribution in [3.05, 3.63) is 42.0 Å². The molecule has 1 aromatic heterocycles. The van der Waals surface area contributed by atoms with E-state index < -0.39 is 0 Å². The zero-order chi connectivity index (χ0) is 17.8. The Morgan fingerprint density at radius 2 is 2.00 bits per heavy atom. The van der Waals surface area contributed by atoms with Crippen molar-refractivity contribution in [3.8, 4) is 11.5 Å². The molecule has 0 radical (unpaired) electrons. The molecule has 1 N–H and O–H groups in total. The third-order valence-corrected chi connectivity index (χ3v) is 4.88. The van der Waals surface area contributed by atoms with Crippen LogP contribution in [0.25, 0.3) is 0 Å². The van der Waals surface area contributed by atoms with Gasteiger partial charge in [0.25, 0.3) is 5.91 Å². The maximum absolute atomic E-state index is 12.9. The monoisotopic (exact) mass is 356 g/mol. The van der Waals surface area contributed by atoms with Gasteiger partial charge < -0.3 is 24.3 Å². The fourth-order valence-electron chi connectivity index (χ4n) is 3.46. The quantitative estimate of drug-likeness (QED) is 0.900. The highest BCUT2D eigenvalue weighted by molar-refractivity contribution is 5.95. The van der Waals surface area contributed by atoms with Crippen LogP contribution in [-0.2, 0) is 6.42 Å². The molecular weight excluding hydrogens is 332 g/mol. The SMILES string of the molecule is O=C(c1ccc2c(c1)OCCO2)N1CCCN(CCc2ncc[nH]2)CC1. The Balaban J connectivity index is 1.35. The number of hydrogen-bond acceptors (Lipinski definition) is 5. The van der Waals surface area contributed by atoms with Crippen molar-refractivity contribution in [2.24, 2.45) is 0 Å². The van der Waals surface area contributed by atoms with E-state index in [0.717, 1.165) is 51.4 Å². The first kappa shape index (κ1) is 16.9. The lowest BCUT2D eigenvalue weighted by Gasteiger charge is -2.23. The maximum Gasteiger partial charge on any atom is 0.254 e. The summed E-state index contributed by atoms with van der Waals surface area (Å²) in [5, 5.41) is 0. The van der Waals surface area contributed by atoms with E-state index in [9.17, 15) is 4.79 Å². The molecule has 7 nitrogen and oxygen atoms in total. The molecule has 1 saturated heterocycles. The summed E-state index contributed by atoms with van der Waals surface area (Å²) in [6.45, 7) is 5.46. The number of ether oxygens (including phenoxy) is 2. The highest BCUT2D eigenvalue weighted by Gasteiger charge is 2.22. The first-order valence-corrected chi connectivity index (χ1v) is 9.19. The van der Waals surface area contributed by atoms with E-state index in [-0.39, 0.29) is 5.91 Å². The average molecular weight is 356 g/mol. The number of carbonyl (C=O) groups excluding carboxylic acids is 1. The number of rotatable bonds is 4. The number of nitrogens with one attached hydrogen (secondary N) is 1. The molecular formula is C19H24N4O3. The minimum atomic E-state index is 0.0647. The van der Waals surface area contributed by atoms with Gasteiger partial charge in [-0.05, 0) is 31.2 Å². The van der Waals surface area contributed by atoms with Crippen LogP contribution in [0.3, 0.4) is 0 Å². The highest BCUT2D eigenvalue weighted by Crippen LogP contribution is 2.31. The van der Waals surface area contributed by atoms with Crippen molar-refractivity contribution in [2.45, 2.75) is 12.8 Å². The molecule has 1 fully saturated rings. The molecule has 2 aliphatic rings. The van der Waals surface area contributed by atoms with Crippen molar-refractivity contribution in [2.75, 3.05) is 45.9 Å². The highest BCUT2D eigenvalue weighted by atomic mass is 16.6. The second kappa shape index (κ2) is 7.78. The number of aromatic nitrogens is 2. The zero-order valence-electron chi connectivity index (χ0n) is 14.8. The molecule has 2 aliphatic heterocycles. The largest absolute Gasteiger partial charge is 0.486 e. The van der Waals surface area contributed by atoms with Crippen molar-refractivity contribution in [1.82, 2.24) is 19.8 Å². The lowest BCUT2D eigenvalue weighted by Crippen LogP contribution is -2.35. The Hall–Kier alpha value is -2.54. The summed E-state index contributed by atoms with van der Waals surface area (Å²) in [6, 6.07) is 5.46. The van der Waals surface area contributed by atoms with E-state index in [4.69, 9.17) is 9.47 Å². The van der Waals surface area contributed by atoms with Gasteiger partial charge in [0.1, 0.15) is 19.0 Å². The van der Waals surface area contributed by atoms with Gasteiger partial charge in [0.2, 0.25) is 0 Å². The number of imidazole rings is 1. The summed E-state index contributed by atoms with van der Waals surface area (Å²) in [6.07, 6.45) is 5.52. The predicted molar refractivity (Wildman–Crippen MR) is 96.7 cm³/mol. The Morgan fingerprint density at radius 1 is 1.12 bits per heavy atom. The Kier molecular flexibility index (Phi) is 5.06. The van der Waals surface area contributed by atoms with Crippen molar-refractivity contribution in [3.63, 3.8) is 0 Å². The molecule has 0 saturated carbocycles. The van der Waals surface area contributed by atoms with E-state index in [2.05, 4.69) is 14.9 Å². The molecule has 0 spiro atoms. The molecule has 2 aromatic rings. The molecule has 1 amide bonds. The van der Waals surface area contributed by atoms with Gasteiger partial charge in [-0.2, -0.15) is 0 Å². The summed E-state index contributed by atoms with van der Waals surface area (Å²) < 4.78 is 11.1. The van der Waals surface area contributed by atoms with Gasteiger partial charge in [-0.15, -0.1) is 0 Å². The van der Waals surface area contributed by atoms with Crippen LogP contribution in [0, 0.1) is 0 Å². The van der Waals surface area contributed by atoms with Crippen LogP contribution in [0.15, 0.2) is 30.6 Å². The first-order chi connectivity index (χ1) is 12.8. The second-order valence-electron chi connectivity index (χ2n) is 6.63. The van der Waals surface area contributed by atoms with E-state index in [0.29, 0.717) is 30.3 Å². The molecule has 138 valence electrons. The van der Waals surface area contributed by atoms with Crippen LogP contribution in [0.4, 0.5) is 0 Å². The van der Waals surface area contributed by atoms with Gasteiger partial charge in [-0.1, -0.05) is 0 Å². The fraction of sp³-hybridized carbons (Fsp3) is 0.474. The van der Waals surface area contributed by atoms with Crippen LogP contribution in [0.2, 0.25) is 0 Å². The molecule has 7 heteroatoms. The minimum Gasteiger partial charge on any atom is -0.486 e. The summed E-state index contributed by atoms with van der Waals surface area (Å²) in [5.74, 6) is 2.46. The lowest BCUT2D eigenvalue weighted by molar-refractivity contribution is 0.0760. The predicted octanol–water partition coefficient (Wildman–Crippen LogP) is 1.57. The van der Waals surface area contributed by atoms with E-state index >= 15 is 0 Å². The minimum absolute atomic E-state index is 0.0647. The normalized spacial score (nSPS) is 17.8. The third kappa shape index (κ3) is 3.83. The summed E-state index contributed by atoms with van der Waals surface area (Å²) in [5.41, 5.74) is 0.665. The summed E-state index contributed by atoms with van der Waals surface area (Å²) in [7, 11) is 0. The van der Waals surface area contributed by atoms with Crippen LogP contribution in [0.1, 0.15) is 22.6 Å². The van der Waals surface area contributed by atoms with Crippen molar-refractivity contribution in [1.29, 1.82) is 0 Å². The number of nitrogens with zero attached hydrogens (tertiary/aromatic N) is 3. The number of H-pyrrole nitrogens is 1. The Bertz CT molecular complexity index is 747.